The Hall–Kier alpha value is -2.86. The van der Waals surface area contributed by atoms with Crippen molar-refractivity contribution < 1.29 is 19.4 Å². The maximum atomic E-state index is 12.6. The number of hydrogen-bond donors (Lipinski definition) is 1. The van der Waals surface area contributed by atoms with Crippen LogP contribution in [0.25, 0.3) is 0 Å². The molecule has 3 rings (SSSR count). The predicted molar refractivity (Wildman–Crippen MR) is 102 cm³/mol. The van der Waals surface area contributed by atoms with E-state index in [1.54, 1.807) is 13.2 Å². The van der Waals surface area contributed by atoms with Gasteiger partial charge in [0.1, 0.15) is 5.75 Å². The maximum absolute atomic E-state index is 12.6. The Morgan fingerprint density at radius 2 is 2.00 bits per heavy atom. The molecule has 6 nitrogen and oxygen atoms in total. The van der Waals surface area contributed by atoms with Gasteiger partial charge in [-0.05, 0) is 23.8 Å². The van der Waals surface area contributed by atoms with Gasteiger partial charge in [-0.3, -0.25) is 9.59 Å². The number of halogens is 1. The summed E-state index contributed by atoms with van der Waals surface area (Å²) in [6, 6.07) is 14.4. The third-order valence-electron chi connectivity index (χ3n) is 4.39. The molecule has 7 heteroatoms. The second kappa shape index (κ2) is 8.22. The van der Waals surface area contributed by atoms with Crippen LogP contribution in [-0.4, -0.2) is 34.8 Å². The SMILES string of the molecule is COc1cccc(C2=NN(C(=O)CCC(=O)O)C(c3ccccc3Cl)C2)c1. The van der Waals surface area contributed by atoms with E-state index in [1.165, 1.54) is 5.01 Å². The van der Waals surface area contributed by atoms with E-state index in [2.05, 4.69) is 5.10 Å². The summed E-state index contributed by atoms with van der Waals surface area (Å²) < 4.78 is 5.26. The van der Waals surface area contributed by atoms with Crippen molar-refractivity contribution in [1.82, 2.24) is 5.01 Å². The zero-order valence-electron chi connectivity index (χ0n) is 14.8. The van der Waals surface area contributed by atoms with E-state index in [-0.39, 0.29) is 24.8 Å². The predicted octanol–water partition coefficient (Wildman–Crippen LogP) is 3.89. The number of carbonyl (C=O) groups excluding carboxylic acids is 1. The average Bonchev–Trinajstić information content (AvgIpc) is 3.11. The number of carboxylic acids is 1. The molecule has 1 N–H and O–H groups in total. The Balaban J connectivity index is 1.94. The van der Waals surface area contributed by atoms with Crippen LogP contribution >= 0.6 is 11.6 Å². The Labute approximate surface area is 162 Å². The first-order chi connectivity index (χ1) is 13.0. The van der Waals surface area contributed by atoms with Gasteiger partial charge in [0, 0.05) is 23.4 Å². The fourth-order valence-corrected chi connectivity index (χ4v) is 3.30. The van der Waals surface area contributed by atoms with Gasteiger partial charge in [-0.15, -0.1) is 0 Å². The van der Waals surface area contributed by atoms with Gasteiger partial charge in [0.15, 0.2) is 0 Å². The third-order valence-corrected chi connectivity index (χ3v) is 4.73. The highest BCUT2D eigenvalue weighted by Crippen LogP contribution is 2.37. The molecular weight excluding hydrogens is 368 g/mol. The van der Waals surface area contributed by atoms with Crippen molar-refractivity contribution in [3.8, 4) is 5.75 Å². The second-order valence-corrected chi connectivity index (χ2v) is 6.56. The summed E-state index contributed by atoms with van der Waals surface area (Å²) in [7, 11) is 1.59. The molecule has 27 heavy (non-hydrogen) atoms. The number of hydrogen-bond acceptors (Lipinski definition) is 4. The van der Waals surface area contributed by atoms with E-state index in [4.69, 9.17) is 21.4 Å². The molecule has 0 aliphatic carbocycles. The number of hydrazone groups is 1. The maximum Gasteiger partial charge on any atom is 0.303 e. The summed E-state index contributed by atoms with van der Waals surface area (Å²) in [4.78, 5) is 23.5. The highest BCUT2D eigenvalue weighted by atomic mass is 35.5. The molecule has 2 aromatic rings. The quantitative estimate of drug-likeness (QED) is 0.816. The summed E-state index contributed by atoms with van der Waals surface area (Å²) in [5.41, 5.74) is 2.35. The van der Waals surface area contributed by atoms with Crippen LogP contribution in [0.4, 0.5) is 0 Å². The molecule has 0 aromatic heterocycles. The number of ether oxygens (including phenoxy) is 1. The molecule has 140 valence electrons. The van der Waals surface area contributed by atoms with E-state index in [9.17, 15) is 9.59 Å². The molecule has 0 saturated carbocycles. The highest BCUT2D eigenvalue weighted by molar-refractivity contribution is 6.31. The van der Waals surface area contributed by atoms with Crippen LogP contribution in [0, 0.1) is 0 Å². The first kappa shape index (κ1) is 18.9. The number of nitrogens with zero attached hydrogens (tertiary/aromatic N) is 2. The number of amides is 1. The van der Waals surface area contributed by atoms with E-state index in [0.29, 0.717) is 17.2 Å². The molecule has 0 saturated heterocycles. The topological polar surface area (TPSA) is 79.2 Å². The van der Waals surface area contributed by atoms with Crippen molar-refractivity contribution in [3.63, 3.8) is 0 Å². The lowest BCUT2D eigenvalue weighted by atomic mass is 9.98. The van der Waals surface area contributed by atoms with Gasteiger partial charge in [0.05, 0.1) is 25.3 Å². The summed E-state index contributed by atoms with van der Waals surface area (Å²) in [5, 5.41) is 15.3. The molecule has 1 aliphatic heterocycles. The van der Waals surface area contributed by atoms with Crippen molar-refractivity contribution in [1.29, 1.82) is 0 Å². The molecule has 0 spiro atoms. The largest absolute Gasteiger partial charge is 0.497 e. The van der Waals surface area contributed by atoms with Crippen LogP contribution in [0.2, 0.25) is 5.02 Å². The molecule has 0 bridgehead atoms. The van der Waals surface area contributed by atoms with E-state index in [1.807, 2.05) is 42.5 Å². The molecule has 1 aliphatic rings. The fourth-order valence-electron chi connectivity index (χ4n) is 3.03. The zero-order chi connectivity index (χ0) is 19.4. The smallest absolute Gasteiger partial charge is 0.303 e. The van der Waals surface area contributed by atoms with Crippen LogP contribution < -0.4 is 4.74 Å². The first-order valence-electron chi connectivity index (χ1n) is 8.49. The van der Waals surface area contributed by atoms with Gasteiger partial charge < -0.3 is 9.84 Å². The first-order valence-corrected chi connectivity index (χ1v) is 8.87. The molecular formula is C20H19ClN2O4. The van der Waals surface area contributed by atoms with Crippen LogP contribution in [-0.2, 0) is 9.59 Å². The third kappa shape index (κ3) is 4.28. The van der Waals surface area contributed by atoms with E-state index >= 15 is 0 Å². The number of benzene rings is 2. The number of carbonyl (C=O) groups is 2. The van der Waals surface area contributed by atoms with Crippen molar-refractivity contribution in [2.75, 3.05) is 7.11 Å². The summed E-state index contributed by atoms with van der Waals surface area (Å²) in [6.45, 7) is 0. The Kier molecular flexibility index (Phi) is 5.76. The van der Waals surface area contributed by atoms with Gasteiger partial charge >= 0.3 is 5.97 Å². The monoisotopic (exact) mass is 386 g/mol. The molecule has 1 amide bonds. The zero-order valence-corrected chi connectivity index (χ0v) is 15.5. The molecule has 1 unspecified atom stereocenters. The van der Waals surface area contributed by atoms with E-state index in [0.717, 1.165) is 16.8 Å². The standard InChI is InChI=1S/C20H19ClN2O4/c1-27-14-6-4-5-13(11-14)17-12-18(15-7-2-3-8-16(15)21)23(22-17)19(24)9-10-20(25)26/h2-8,11,18H,9-10,12H2,1H3,(H,25,26). The minimum atomic E-state index is -1.02. The summed E-state index contributed by atoms with van der Waals surface area (Å²) >= 11 is 6.34. The average molecular weight is 387 g/mol. The number of rotatable bonds is 6. The number of methoxy groups -OCH3 is 1. The van der Waals surface area contributed by atoms with Gasteiger partial charge in [-0.2, -0.15) is 5.10 Å². The molecule has 2 aromatic carbocycles. The van der Waals surface area contributed by atoms with Crippen molar-refractivity contribution in [2.45, 2.75) is 25.3 Å². The molecule has 1 atom stereocenters. The van der Waals surface area contributed by atoms with Gasteiger partial charge in [-0.25, -0.2) is 5.01 Å². The minimum Gasteiger partial charge on any atom is -0.497 e. The lowest BCUT2D eigenvalue weighted by Crippen LogP contribution is -2.27. The van der Waals surface area contributed by atoms with Crippen LogP contribution in [0.3, 0.4) is 0 Å². The Morgan fingerprint density at radius 1 is 1.22 bits per heavy atom. The lowest BCUT2D eigenvalue weighted by Gasteiger charge is -2.22. The molecule has 0 radical (unpaired) electrons. The normalized spacial score (nSPS) is 16.1. The fraction of sp³-hybridized carbons (Fsp3) is 0.250. The second-order valence-electron chi connectivity index (χ2n) is 6.15. The summed E-state index contributed by atoms with van der Waals surface area (Å²) in [6.07, 6.45) is 0.121. The summed E-state index contributed by atoms with van der Waals surface area (Å²) in [5.74, 6) is -0.672. The molecule has 0 fully saturated rings. The number of aliphatic carboxylic acids is 1. The van der Waals surface area contributed by atoms with Crippen molar-refractivity contribution >= 4 is 29.2 Å². The number of carboxylic acid groups (broad SMARTS) is 1. The molecule has 1 heterocycles. The van der Waals surface area contributed by atoms with Crippen molar-refractivity contribution in [3.05, 3.63) is 64.7 Å². The van der Waals surface area contributed by atoms with Crippen LogP contribution in [0.1, 0.15) is 36.4 Å². The van der Waals surface area contributed by atoms with E-state index < -0.39 is 5.97 Å². The van der Waals surface area contributed by atoms with Crippen LogP contribution in [0.5, 0.6) is 5.75 Å². The highest BCUT2D eigenvalue weighted by Gasteiger charge is 2.34. The van der Waals surface area contributed by atoms with Crippen molar-refractivity contribution in [2.24, 2.45) is 5.10 Å². The Morgan fingerprint density at radius 3 is 2.70 bits per heavy atom. The lowest BCUT2D eigenvalue weighted by molar-refractivity contribution is -0.141. The van der Waals surface area contributed by atoms with Gasteiger partial charge in [-0.1, -0.05) is 41.9 Å². The Bertz CT molecular complexity index is 897. The van der Waals surface area contributed by atoms with Gasteiger partial charge in [0.2, 0.25) is 5.91 Å². The van der Waals surface area contributed by atoms with Gasteiger partial charge in [0.25, 0.3) is 0 Å². The minimum absolute atomic E-state index is 0.120. The van der Waals surface area contributed by atoms with Crippen LogP contribution in [0.15, 0.2) is 53.6 Å².